The van der Waals surface area contributed by atoms with Gasteiger partial charge >= 0.3 is 7.60 Å². The average molecular weight is 221 g/mol. The molecule has 1 atom stereocenters. The number of hydrogen-bond acceptors (Lipinski definition) is 3. The second-order valence-corrected chi connectivity index (χ2v) is 5.04. The van der Waals surface area contributed by atoms with Crippen molar-refractivity contribution < 1.29 is 18.8 Å². The molecule has 14 heavy (non-hydrogen) atoms. The van der Waals surface area contributed by atoms with Crippen molar-refractivity contribution in [1.82, 2.24) is 5.32 Å². The Morgan fingerprint density at radius 1 is 1.64 bits per heavy atom. The van der Waals surface area contributed by atoms with Gasteiger partial charge in [-0.05, 0) is 20.8 Å². The van der Waals surface area contributed by atoms with Crippen LogP contribution in [0.15, 0.2) is 12.2 Å². The molecule has 0 rings (SSSR count). The van der Waals surface area contributed by atoms with Crippen LogP contribution >= 0.6 is 7.60 Å². The van der Waals surface area contributed by atoms with E-state index in [1.54, 1.807) is 13.8 Å². The van der Waals surface area contributed by atoms with Crippen LogP contribution in [-0.2, 0) is 13.9 Å². The zero-order valence-corrected chi connectivity index (χ0v) is 9.51. The van der Waals surface area contributed by atoms with Crippen LogP contribution in [0, 0.1) is 0 Å². The molecular weight excluding hydrogens is 205 g/mol. The third-order valence-corrected chi connectivity index (χ3v) is 2.51. The quantitative estimate of drug-likeness (QED) is 0.541. The molecule has 1 amide bonds. The molecule has 0 radical (unpaired) electrons. The lowest BCUT2D eigenvalue weighted by molar-refractivity contribution is -0.117. The normalized spacial score (nSPS) is 14.9. The molecule has 0 saturated heterocycles. The fourth-order valence-corrected chi connectivity index (χ4v) is 1.77. The van der Waals surface area contributed by atoms with Crippen molar-refractivity contribution in [3.63, 3.8) is 0 Å². The Bertz CT molecular complexity index is 275. The summed E-state index contributed by atoms with van der Waals surface area (Å²) in [7, 11) is -3.72. The topological polar surface area (TPSA) is 75.6 Å². The van der Waals surface area contributed by atoms with Crippen LogP contribution in [0.2, 0.25) is 0 Å². The summed E-state index contributed by atoms with van der Waals surface area (Å²) in [6.45, 7) is 8.19. The zero-order valence-electron chi connectivity index (χ0n) is 8.61. The highest BCUT2D eigenvalue weighted by atomic mass is 31.2. The Kier molecular flexibility index (Phi) is 5.05. The van der Waals surface area contributed by atoms with E-state index < -0.39 is 19.8 Å². The summed E-state index contributed by atoms with van der Waals surface area (Å²) in [6.07, 6.45) is -0.746. The van der Waals surface area contributed by atoms with Gasteiger partial charge in [-0.1, -0.05) is 6.58 Å². The van der Waals surface area contributed by atoms with Crippen LogP contribution in [0.3, 0.4) is 0 Å². The van der Waals surface area contributed by atoms with E-state index in [0.717, 1.165) is 0 Å². The molecule has 0 aromatic rings. The lowest BCUT2D eigenvalue weighted by Crippen LogP contribution is -2.25. The first-order chi connectivity index (χ1) is 6.24. The lowest BCUT2D eigenvalue weighted by Gasteiger charge is -2.15. The Labute approximate surface area is 83.7 Å². The molecular formula is C8H16NO4P. The first-order valence-electron chi connectivity index (χ1n) is 4.18. The Morgan fingerprint density at radius 2 is 2.14 bits per heavy atom. The van der Waals surface area contributed by atoms with Crippen molar-refractivity contribution in [2.24, 2.45) is 0 Å². The van der Waals surface area contributed by atoms with Gasteiger partial charge < -0.3 is 14.7 Å². The number of hydrogen-bond donors (Lipinski definition) is 2. The Hall–Kier alpha value is -0.640. The van der Waals surface area contributed by atoms with Gasteiger partial charge in [0.05, 0.1) is 6.10 Å². The van der Waals surface area contributed by atoms with Crippen molar-refractivity contribution in [2.75, 3.05) is 6.29 Å². The minimum Gasteiger partial charge on any atom is -0.341 e. The second kappa shape index (κ2) is 5.29. The van der Waals surface area contributed by atoms with E-state index in [1.807, 2.05) is 0 Å². The maximum Gasteiger partial charge on any atom is 0.347 e. The molecule has 0 aromatic heterocycles. The van der Waals surface area contributed by atoms with E-state index in [1.165, 1.54) is 6.92 Å². The summed E-state index contributed by atoms with van der Waals surface area (Å²) in [4.78, 5) is 20.2. The standard InChI is InChI=1S/C8H16NO4P/c1-6(2)8(10)9-5-14(11,12)13-7(3)4/h7H,1,5H2,2-4H3,(H,9,10)(H,11,12). The van der Waals surface area contributed by atoms with Gasteiger partial charge in [0, 0.05) is 5.57 Å². The molecule has 0 aliphatic rings. The predicted octanol–water partition coefficient (Wildman–Crippen LogP) is 1.25. The van der Waals surface area contributed by atoms with E-state index >= 15 is 0 Å². The van der Waals surface area contributed by atoms with E-state index in [9.17, 15) is 14.3 Å². The Morgan fingerprint density at radius 3 is 2.50 bits per heavy atom. The van der Waals surface area contributed by atoms with E-state index in [0.29, 0.717) is 0 Å². The Balaban J connectivity index is 4.06. The number of carbonyl (C=O) groups is 1. The number of rotatable bonds is 5. The molecule has 2 N–H and O–H groups in total. The highest BCUT2D eigenvalue weighted by Crippen LogP contribution is 2.41. The van der Waals surface area contributed by atoms with Crippen molar-refractivity contribution in [3.05, 3.63) is 12.2 Å². The third kappa shape index (κ3) is 5.91. The van der Waals surface area contributed by atoms with Gasteiger partial charge in [0.2, 0.25) is 5.91 Å². The summed E-state index contributed by atoms with van der Waals surface area (Å²) in [5.74, 6) is -0.452. The largest absolute Gasteiger partial charge is 0.347 e. The van der Waals surface area contributed by atoms with Gasteiger partial charge in [0.15, 0.2) is 0 Å². The fourth-order valence-electron chi connectivity index (χ4n) is 0.689. The highest BCUT2D eigenvalue weighted by molar-refractivity contribution is 7.52. The van der Waals surface area contributed by atoms with Crippen molar-refractivity contribution in [3.8, 4) is 0 Å². The van der Waals surface area contributed by atoms with Gasteiger partial charge in [-0.3, -0.25) is 9.36 Å². The molecule has 82 valence electrons. The maximum absolute atomic E-state index is 11.2. The van der Waals surface area contributed by atoms with Gasteiger partial charge in [0.25, 0.3) is 0 Å². The molecule has 0 bridgehead atoms. The number of carbonyl (C=O) groups excluding carboxylic acids is 1. The van der Waals surface area contributed by atoms with Crippen LogP contribution in [-0.4, -0.2) is 23.2 Å². The summed E-state index contributed by atoms with van der Waals surface area (Å²) < 4.78 is 16.0. The fraction of sp³-hybridized carbons (Fsp3) is 0.625. The lowest BCUT2D eigenvalue weighted by atomic mass is 10.3. The second-order valence-electron chi connectivity index (χ2n) is 3.24. The van der Waals surface area contributed by atoms with E-state index in [4.69, 9.17) is 4.52 Å². The van der Waals surface area contributed by atoms with Gasteiger partial charge in [0.1, 0.15) is 6.29 Å². The molecule has 1 unspecified atom stereocenters. The zero-order chi connectivity index (χ0) is 11.4. The first-order valence-corrected chi connectivity index (χ1v) is 5.95. The molecule has 0 aromatic carbocycles. The van der Waals surface area contributed by atoms with Gasteiger partial charge in [-0.25, -0.2) is 0 Å². The first kappa shape index (κ1) is 13.4. The molecule has 0 spiro atoms. The van der Waals surface area contributed by atoms with E-state index in [-0.39, 0.29) is 11.7 Å². The summed E-state index contributed by atoms with van der Waals surface area (Å²) in [5, 5.41) is 2.25. The molecule has 5 nitrogen and oxygen atoms in total. The van der Waals surface area contributed by atoms with Crippen LogP contribution < -0.4 is 5.32 Å². The number of amides is 1. The monoisotopic (exact) mass is 221 g/mol. The van der Waals surface area contributed by atoms with Crippen molar-refractivity contribution in [1.29, 1.82) is 0 Å². The maximum atomic E-state index is 11.2. The minimum absolute atomic E-state index is 0.287. The minimum atomic E-state index is -3.72. The molecule has 0 fully saturated rings. The van der Waals surface area contributed by atoms with Crippen LogP contribution in [0.25, 0.3) is 0 Å². The van der Waals surface area contributed by atoms with Crippen LogP contribution in [0.1, 0.15) is 20.8 Å². The summed E-state index contributed by atoms with van der Waals surface area (Å²) in [5.41, 5.74) is 0.287. The predicted molar refractivity (Wildman–Crippen MR) is 53.9 cm³/mol. The smallest absolute Gasteiger partial charge is 0.341 e. The van der Waals surface area contributed by atoms with Crippen molar-refractivity contribution in [2.45, 2.75) is 26.9 Å². The van der Waals surface area contributed by atoms with Crippen LogP contribution in [0.5, 0.6) is 0 Å². The molecule has 0 aliphatic carbocycles. The van der Waals surface area contributed by atoms with Crippen LogP contribution in [0.4, 0.5) is 0 Å². The van der Waals surface area contributed by atoms with E-state index in [2.05, 4.69) is 11.9 Å². The van der Waals surface area contributed by atoms with Crippen molar-refractivity contribution >= 4 is 13.5 Å². The number of nitrogens with one attached hydrogen (secondary N) is 1. The molecule has 0 aliphatic heterocycles. The third-order valence-electron chi connectivity index (χ3n) is 1.20. The average Bonchev–Trinajstić information content (AvgIpc) is 1.97. The highest BCUT2D eigenvalue weighted by Gasteiger charge is 2.21. The summed E-state index contributed by atoms with van der Waals surface area (Å²) in [6, 6.07) is 0. The van der Waals surface area contributed by atoms with Gasteiger partial charge in [-0.2, -0.15) is 0 Å². The molecule has 0 saturated carbocycles. The summed E-state index contributed by atoms with van der Waals surface area (Å²) >= 11 is 0. The van der Waals surface area contributed by atoms with Gasteiger partial charge in [-0.15, -0.1) is 0 Å². The molecule has 0 heterocycles. The SMILES string of the molecule is C=C(C)C(=O)NCP(=O)(O)OC(C)C. The molecule has 6 heteroatoms.